The van der Waals surface area contributed by atoms with Crippen molar-refractivity contribution in [2.75, 3.05) is 6.54 Å². The van der Waals surface area contributed by atoms with Crippen molar-refractivity contribution in [3.8, 4) is 0 Å². The first kappa shape index (κ1) is 17.5. The van der Waals surface area contributed by atoms with Crippen LogP contribution in [0.15, 0.2) is 53.6 Å². The molecule has 0 unspecified atom stereocenters. The number of aryl methyl sites for hydroxylation is 1. The van der Waals surface area contributed by atoms with E-state index in [2.05, 4.69) is 10.3 Å². The number of rotatable bonds is 5. The summed E-state index contributed by atoms with van der Waals surface area (Å²) >= 11 is 11.9. The molecule has 0 saturated heterocycles. The second-order valence-corrected chi connectivity index (χ2v) is 6.33. The zero-order chi connectivity index (χ0) is 17.8. The molecule has 0 bridgehead atoms. The Labute approximate surface area is 154 Å². The third kappa shape index (κ3) is 4.00. The molecule has 2 heterocycles. The first-order valence-corrected chi connectivity index (χ1v) is 8.50. The Morgan fingerprint density at radius 2 is 2.00 bits per heavy atom. The Morgan fingerprint density at radius 3 is 2.80 bits per heavy atom. The maximum absolute atomic E-state index is 12.3. The average molecular weight is 376 g/mol. The number of amides is 1. The highest BCUT2D eigenvalue weighted by Crippen LogP contribution is 2.23. The second kappa shape index (κ2) is 7.68. The van der Waals surface area contributed by atoms with E-state index < -0.39 is 5.91 Å². The van der Waals surface area contributed by atoms with Gasteiger partial charge in [0.25, 0.3) is 11.5 Å². The molecule has 7 heteroatoms. The largest absolute Gasteiger partial charge is 0.352 e. The first-order chi connectivity index (χ1) is 12.1. The van der Waals surface area contributed by atoms with Crippen molar-refractivity contribution in [1.82, 2.24) is 14.7 Å². The van der Waals surface area contributed by atoms with Crippen LogP contribution < -0.4 is 10.9 Å². The minimum Gasteiger partial charge on any atom is -0.352 e. The summed E-state index contributed by atoms with van der Waals surface area (Å²) in [6.07, 6.45) is 4.36. The van der Waals surface area contributed by atoms with Crippen molar-refractivity contribution in [2.45, 2.75) is 12.8 Å². The van der Waals surface area contributed by atoms with Crippen molar-refractivity contribution >= 4 is 34.8 Å². The number of nitrogens with zero attached hydrogens (tertiary/aromatic N) is 2. The monoisotopic (exact) mass is 375 g/mol. The molecule has 128 valence electrons. The molecule has 3 aromatic rings. The molecule has 1 amide bonds. The third-order valence-corrected chi connectivity index (χ3v) is 4.51. The minimum atomic E-state index is -0.426. The predicted octanol–water partition coefficient (Wildman–Crippen LogP) is 3.36. The van der Waals surface area contributed by atoms with E-state index in [1.165, 1.54) is 10.6 Å². The average Bonchev–Trinajstić information content (AvgIpc) is 2.62. The molecule has 1 aromatic carbocycles. The number of halogens is 2. The van der Waals surface area contributed by atoms with Crippen LogP contribution in [0, 0.1) is 0 Å². The van der Waals surface area contributed by atoms with Gasteiger partial charge in [-0.25, -0.2) is 4.98 Å². The van der Waals surface area contributed by atoms with Gasteiger partial charge in [0, 0.05) is 18.9 Å². The van der Waals surface area contributed by atoms with Crippen LogP contribution >= 0.6 is 23.2 Å². The molecule has 0 radical (unpaired) electrons. The summed E-state index contributed by atoms with van der Waals surface area (Å²) in [4.78, 5) is 28.7. The van der Waals surface area contributed by atoms with Gasteiger partial charge in [-0.2, -0.15) is 0 Å². The summed E-state index contributed by atoms with van der Waals surface area (Å²) < 4.78 is 1.35. The summed E-state index contributed by atoms with van der Waals surface area (Å²) in [6.45, 7) is 0.440. The van der Waals surface area contributed by atoms with E-state index in [9.17, 15) is 9.59 Å². The fourth-order valence-corrected chi connectivity index (χ4v) is 2.79. The van der Waals surface area contributed by atoms with E-state index in [1.54, 1.807) is 30.5 Å². The molecule has 0 aliphatic rings. The molecule has 25 heavy (non-hydrogen) atoms. The summed E-state index contributed by atoms with van der Waals surface area (Å²) in [7, 11) is 0. The predicted molar refractivity (Wildman–Crippen MR) is 98.6 cm³/mol. The van der Waals surface area contributed by atoms with Crippen molar-refractivity contribution in [3.63, 3.8) is 0 Å². The molecule has 0 atom stereocenters. The van der Waals surface area contributed by atoms with E-state index in [1.807, 2.05) is 12.1 Å². The summed E-state index contributed by atoms with van der Waals surface area (Å²) in [5, 5.41) is 3.78. The molecular weight excluding hydrogens is 361 g/mol. The molecule has 0 saturated carbocycles. The van der Waals surface area contributed by atoms with Crippen LogP contribution in [0.1, 0.15) is 22.3 Å². The minimum absolute atomic E-state index is 0.0261. The van der Waals surface area contributed by atoms with Gasteiger partial charge >= 0.3 is 0 Å². The van der Waals surface area contributed by atoms with Gasteiger partial charge in [-0.1, -0.05) is 35.3 Å². The molecule has 0 aliphatic carbocycles. The van der Waals surface area contributed by atoms with Crippen molar-refractivity contribution in [1.29, 1.82) is 0 Å². The van der Waals surface area contributed by atoms with Crippen LogP contribution in [0.25, 0.3) is 5.65 Å². The number of hydrogen-bond donors (Lipinski definition) is 1. The van der Waals surface area contributed by atoms with E-state index in [0.29, 0.717) is 28.7 Å². The number of pyridine rings is 1. The highest BCUT2D eigenvalue weighted by atomic mass is 35.5. The smallest absolute Gasteiger partial charge is 0.270 e. The van der Waals surface area contributed by atoms with E-state index >= 15 is 0 Å². The molecule has 2 aromatic heterocycles. The Hall–Kier alpha value is -2.37. The number of hydrogen-bond acceptors (Lipinski definition) is 3. The maximum Gasteiger partial charge on any atom is 0.270 e. The van der Waals surface area contributed by atoms with Gasteiger partial charge in [0.15, 0.2) is 0 Å². The Bertz CT molecular complexity index is 985. The number of carbonyl (C=O) groups excluding carboxylic acids is 1. The summed E-state index contributed by atoms with van der Waals surface area (Å²) in [5.74, 6) is -0.426. The summed E-state index contributed by atoms with van der Waals surface area (Å²) in [6, 6.07) is 10.7. The standard InChI is InChI=1S/C18H15Cl2N3O2/c19-14-7-6-12(10-15(14)20)4-3-8-21-17(24)13-11-22-16-5-1-2-9-23(16)18(13)25/h1-2,5-7,9-11H,3-4,8H2,(H,21,24). The van der Waals surface area contributed by atoms with Crippen molar-refractivity contribution in [3.05, 3.63) is 80.3 Å². The Morgan fingerprint density at radius 1 is 1.16 bits per heavy atom. The number of benzene rings is 1. The van der Waals surface area contributed by atoms with Crippen LogP contribution in [-0.2, 0) is 6.42 Å². The summed E-state index contributed by atoms with van der Waals surface area (Å²) in [5.41, 5.74) is 1.19. The zero-order valence-electron chi connectivity index (χ0n) is 13.2. The molecule has 1 N–H and O–H groups in total. The molecule has 5 nitrogen and oxygen atoms in total. The maximum atomic E-state index is 12.3. The van der Waals surface area contributed by atoms with Crippen LogP contribution in [0.2, 0.25) is 10.0 Å². The van der Waals surface area contributed by atoms with Gasteiger partial charge < -0.3 is 5.32 Å². The lowest BCUT2D eigenvalue weighted by atomic mass is 10.1. The highest BCUT2D eigenvalue weighted by molar-refractivity contribution is 6.42. The van der Waals surface area contributed by atoms with Gasteiger partial charge in [0.1, 0.15) is 11.2 Å². The van der Waals surface area contributed by atoms with Gasteiger partial charge in [0.2, 0.25) is 0 Å². The van der Waals surface area contributed by atoms with Crippen LogP contribution in [0.3, 0.4) is 0 Å². The molecule has 0 spiro atoms. The van der Waals surface area contributed by atoms with E-state index in [0.717, 1.165) is 12.0 Å². The van der Waals surface area contributed by atoms with Crippen LogP contribution in [0.5, 0.6) is 0 Å². The lowest BCUT2D eigenvalue weighted by Gasteiger charge is -2.07. The third-order valence-electron chi connectivity index (χ3n) is 3.77. The highest BCUT2D eigenvalue weighted by Gasteiger charge is 2.12. The quantitative estimate of drug-likeness (QED) is 0.695. The van der Waals surface area contributed by atoms with Crippen molar-refractivity contribution < 1.29 is 4.79 Å². The number of nitrogens with one attached hydrogen (secondary N) is 1. The van der Waals surface area contributed by atoms with Crippen LogP contribution in [-0.4, -0.2) is 21.8 Å². The fraction of sp³-hybridized carbons (Fsp3) is 0.167. The molecule has 0 aliphatic heterocycles. The van der Waals surface area contributed by atoms with Crippen LogP contribution in [0.4, 0.5) is 0 Å². The van der Waals surface area contributed by atoms with E-state index in [4.69, 9.17) is 23.2 Å². The Kier molecular flexibility index (Phi) is 5.36. The zero-order valence-corrected chi connectivity index (χ0v) is 14.7. The fourth-order valence-electron chi connectivity index (χ4n) is 2.47. The molecule has 3 rings (SSSR count). The molecule has 0 fully saturated rings. The van der Waals surface area contributed by atoms with Gasteiger partial charge in [-0.05, 0) is 42.7 Å². The topological polar surface area (TPSA) is 63.5 Å². The van der Waals surface area contributed by atoms with Gasteiger partial charge in [-0.3, -0.25) is 14.0 Å². The second-order valence-electron chi connectivity index (χ2n) is 5.51. The number of aromatic nitrogens is 2. The Balaban J connectivity index is 1.60. The van der Waals surface area contributed by atoms with Crippen molar-refractivity contribution in [2.24, 2.45) is 0 Å². The normalized spacial score (nSPS) is 10.8. The van der Waals surface area contributed by atoms with Gasteiger partial charge in [0.05, 0.1) is 10.0 Å². The van der Waals surface area contributed by atoms with Gasteiger partial charge in [-0.15, -0.1) is 0 Å². The first-order valence-electron chi connectivity index (χ1n) is 7.75. The lowest BCUT2D eigenvalue weighted by molar-refractivity contribution is 0.0951. The molecular formula is C18H15Cl2N3O2. The lowest BCUT2D eigenvalue weighted by Crippen LogP contribution is -2.32. The number of carbonyl (C=O) groups is 1. The van der Waals surface area contributed by atoms with E-state index in [-0.39, 0.29) is 11.1 Å². The SMILES string of the molecule is O=C(NCCCc1ccc(Cl)c(Cl)c1)c1cnc2ccccn2c1=O. The number of fused-ring (bicyclic) bond motifs is 1.